The van der Waals surface area contributed by atoms with Gasteiger partial charge in [0.25, 0.3) is 0 Å². The van der Waals surface area contributed by atoms with Crippen LogP contribution in [0.15, 0.2) is 0 Å². The van der Waals surface area contributed by atoms with Gasteiger partial charge in [0, 0.05) is 25.9 Å². The number of imide groups is 1. The number of nitrogens with zero attached hydrogens (tertiary/aromatic N) is 2. The van der Waals surface area contributed by atoms with Crippen LogP contribution in [-0.2, 0) is 14.4 Å². The van der Waals surface area contributed by atoms with Gasteiger partial charge in [0.05, 0.1) is 0 Å². The van der Waals surface area contributed by atoms with Crippen molar-refractivity contribution in [2.75, 3.05) is 19.6 Å². The summed E-state index contributed by atoms with van der Waals surface area (Å²) in [4.78, 5) is 37.8. The molecule has 0 radical (unpaired) electrons. The highest BCUT2D eigenvalue weighted by atomic mass is 16.4. The van der Waals surface area contributed by atoms with E-state index in [1.165, 1.54) is 4.90 Å². The third-order valence-electron chi connectivity index (χ3n) is 4.37. The van der Waals surface area contributed by atoms with Gasteiger partial charge in [-0.1, -0.05) is 13.8 Å². The molecular formula is C14H22N2O4. The van der Waals surface area contributed by atoms with E-state index in [2.05, 4.69) is 0 Å². The number of aliphatic carboxylic acids is 1. The molecule has 0 aromatic heterocycles. The molecule has 1 N–H and O–H groups in total. The van der Waals surface area contributed by atoms with Crippen LogP contribution < -0.4 is 0 Å². The van der Waals surface area contributed by atoms with Crippen molar-refractivity contribution < 1.29 is 19.5 Å². The number of carboxylic acids is 1. The molecule has 0 spiro atoms. The summed E-state index contributed by atoms with van der Waals surface area (Å²) >= 11 is 0. The summed E-state index contributed by atoms with van der Waals surface area (Å²) in [5.41, 5.74) is -0.289. The average Bonchev–Trinajstić information content (AvgIpc) is 2.65. The Morgan fingerprint density at radius 1 is 1.25 bits per heavy atom. The molecule has 2 aliphatic rings. The highest BCUT2D eigenvalue weighted by Crippen LogP contribution is 2.35. The monoisotopic (exact) mass is 282 g/mol. The van der Waals surface area contributed by atoms with Gasteiger partial charge < -0.3 is 5.11 Å². The third kappa shape index (κ3) is 2.85. The van der Waals surface area contributed by atoms with Crippen molar-refractivity contribution in [2.24, 2.45) is 5.41 Å². The molecule has 2 saturated heterocycles. The van der Waals surface area contributed by atoms with Gasteiger partial charge in [-0.25, -0.2) is 0 Å². The third-order valence-corrected chi connectivity index (χ3v) is 4.37. The van der Waals surface area contributed by atoms with Crippen molar-refractivity contribution in [1.29, 1.82) is 0 Å². The van der Waals surface area contributed by atoms with Gasteiger partial charge in [-0.15, -0.1) is 0 Å². The summed E-state index contributed by atoms with van der Waals surface area (Å²) in [6.07, 6.45) is 2.39. The fourth-order valence-electron chi connectivity index (χ4n) is 3.33. The highest BCUT2D eigenvalue weighted by molar-refractivity contribution is 6.01. The molecule has 2 fully saturated rings. The predicted octanol–water partition coefficient (Wildman–Crippen LogP) is 0.711. The largest absolute Gasteiger partial charge is 0.480 e. The maximum absolute atomic E-state index is 11.6. The Balaban J connectivity index is 2.02. The van der Waals surface area contributed by atoms with Crippen molar-refractivity contribution >= 4 is 17.8 Å². The Bertz CT molecular complexity index is 417. The molecule has 6 nitrogen and oxygen atoms in total. The first kappa shape index (κ1) is 15.0. The van der Waals surface area contributed by atoms with Crippen LogP contribution in [0.1, 0.15) is 39.5 Å². The molecular weight excluding hydrogens is 260 g/mol. The zero-order chi connectivity index (χ0) is 14.9. The zero-order valence-electron chi connectivity index (χ0n) is 12.1. The molecule has 0 aliphatic carbocycles. The molecule has 20 heavy (non-hydrogen) atoms. The van der Waals surface area contributed by atoms with Gasteiger partial charge in [-0.3, -0.25) is 24.2 Å². The van der Waals surface area contributed by atoms with E-state index >= 15 is 0 Å². The smallest absolute Gasteiger partial charge is 0.321 e. The first-order valence-corrected chi connectivity index (χ1v) is 7.13. The Morgan fingerprint density at radius 3 is 2.40 bits per heavy atom. The van der Waals surface area contributed by atoms with Gasteiger partial charge in [0.2, 0.25) is 11.8 Å². The van der Waals surface area contributed by atoms with Crippen LogP contribution in [0.5, 0.6) is 0 Å². The average molecular weight is 282 g/mol. The minimum Gasteiger partial charge on any atom is -0.480 e. The van der Waals surface area contributed by atoms with Crippen LogP contribution in [0, 0.1) is 5.41 Å². The molecule has 2 aliphatic heterocycles. The first-order chi connectivity index (χ1) is 9.33. The van der Waals surface area contributed by atoms with E-state index < -0.39 is 12.0 Å². The number of carboxylic acid groups (broad SMARTS) is 1. The van der Waals surface area contributed by atoms with E-state index in [-0.39, 0.29) is 30.1 Å². The van der Waals surface area contributed by atoms with E-state index in [9.17, 15) is 19.5 Å². The Labute approximate surface area is 118 Å². The summed E-state index contributed by atoms with van der Waals surface area (Å²) in [5, 5.41) is 9.45. The first-order valence-electron chi connectivity index (χ1n) is 7.13. The van der Waals surface area contributed by atoms with Crippen LogP contribution in [0.25, 0.3) is 0 Å². The second-order valence-electron chi connectivity index (χ2n) is 6.31. The molecule has 0 aromatic carbocycles. The van der Waals surface area contributed by atoms with Crippen LogP contribution in [0.2, 0.25) is 0 Å². The lowest BCUT2D eigenvalue weighted by atomic mass is 9.76. The molecule has 112 valence electrons. The van der Waals surface area contributed by atoms with Gasteiger partial charge >= 0.3 is 5.97 Å². The molecule has 2 rings (SSSR count). The van der Waals surface area contributed by atoms with Crippen molar-refractivity contribution in [2.45, 2.75) is 45.6 Å². The summed E-state index contributed by atoms with van der Waals surface area (Å²) in [6.45, 7) is 5.38. The van der Waals surface area contributed by atoms with Crippen LogP contribution in [0.4, 0.5) is 0 Å². The van der Waals surface area contributed by atoms with Crippen molar-refractivity contribution in [1.82, 2.24) is 9.80 Å². The number of hydrogen-bond acceptors (Lipinski definition) is 4. The highest BCUT2D eigenvalue weighted by Gasteiger charge is 2.42. The van der Waals surface area contributed by atoms with Crippen molar-refractivity contribution in [3.05, 3.63) is 0 Å². The standard InChI is InChI=1S/C14H22N2O4/c1-14(2)6-3-7-15(12(14)13(19)20)8-9-16-10(17)4-5-11(16)18/h12H,3-9H2,1-2H3,(H,19,20). The van der Waals surface area contributed by atoms with E-state index in [0.717, 1.165) is 12.8 Å². The number of amides is 2. The van der Waals surface area contributed by atoms with E-state index in [1.807, 2.05) is 18.7 Å². The van der Waals surface area contributed by atoms with Crippen molar-refractivity contribution in [3.8, 4) is 0 Å². The lowest BCUT2D eigenvalue weighted by Crippen LogP contribution is -2.55. The fourth-order valence-corrected chi connectivity index (χ4v) is 3.33. The molecule has 2 heterocycles. The quantitative estimate of drug-likeness (QED) is 0.768. The summed E-state index contributed by atoms with van der Waals surface area (Å²) in [6, 6.07) is -0.552. The molecule has 1 unspecified atom stereocenters. The second kappa shape index (κ2) is 5.52. The predicted molar refractivity (Wildman–Crippen MR) is 72.0 cm³/mol. The van der Waals surface area contributed by atoms with E-state index in [4.69, 9.17) is 0 Å². The molecule has 0 aromatic rings. The number of rotatable bonds is 4. The Hall–Kier alpha value is -1.43. The van der Waals surface area contributed by atoms with Gasteiger partial charge in [0.15, 0.2) is 0 Å². The number of carbonyl (C=O) groups is 3. The molecule has 0 bridgehead atoms. The van der Waals surface area contributed by atoms with Crippen LogP contribution in [-0.4, -0.2) is 58.4 Å². The van der Waals surface area contributed by atoms with Crippen LogP contribution >= 0.6 is 0 Å². The second-order valence-corrected chi connectivity index (χ2v) is 6.31. The Kier molecular flexibility index (Phi) is 4.13. The minimum atomic E-state index is -0.825. The summed E-state index contributed by atoms with van der Waals surface area (Å²) in [5.74, 6) is -1.11. The minimum absolute atomic E-state index is 0.141. The summed E-state index contributed by atoms with van der Waals surface area (Å²) < 4.78 is 0. The topological polar surface area (TPSA) is 77.9 Å². The molecule has 6 heteroatoms. The van der Waals surface area contributed by atoms with E-state index in [0.29, 0.717) is 19.6 Å². The lowest BCUT2D eigenvalue weighted by Gasteiger charge is -2.44. The normalized spacial score (nSPS) is 27.1. The van der Waals surface area contributed by atoms with Gasteiger partial charge in [-0.2, -0.15) is 0 Å². The van der Waals surface area contributed by atoms with Gasteiger partial charge in [-0.05, 0) is 24.8 Å². The molecule has 0 saturated carbocycles. The molecule has 1 atom stereocenters. The summed E-state index contributed by atoms with van der Waals surface area (Å²) in [7, 11) is 0. The zero-order valence-corrected chi connectivity index (χ0v) is 12.1. The molecule has 2 amide bonds. The maximum Gasteiger partial charge on any atom is 0.321 e. The maximum atomic E-state index is 11.6. The Morgan fingerprint density at radius 2 is 1.85 bits per heavy atom. The van der Waals surface area contributed by atoms with E-state index in [1.54, 1.807) is 0 Å². The fraction of sp³-hybridized carbons (Fsp3) is 0.786. The lowest BCUT2D eigenvalue weighted by molar-refractivity contribution is -0.150. The van der Waals surface area contributed by atoms with Gasteiger partial charge in [0.1, 0.15) is 6.04 Å². The number of hydrogen-bond donors (Lipinski definition) is 1. The van der Waals surface area contributed by atoms with Crippen molar-refractivity contribution in [3.63, 3.8) is 0 Å². The number of likely N-dealkylation sites (tertiary alicyclic amines) is 2. The number of piperidine rings is 1. The SMILES string of the molecule is CC1(C)CCCN(CCN2C(=O)CCC2=O)C1C(=O)O. The van der Waals surface area contributed by atoms with Crippen LogP contribution in [0.3, 0.4) is 0 Å². The number of carbonyl (C=O) groups excluding carboxylic acids is 2.